The quantitative estimate of drug-likeness (QED) is 0.786. The molecule has 2 aliphatic rings. The summed E-state index contributed by atoms with van der Waals surface area (Å²) in [5.74, 6) is 0.270. The smallest absolute Gasteiger partial charge is 0.222 e. The monoisotopic (exact) mass is 388 g/mol. The lowest BCUT2D eigenvalue weighted by Crippen LogP contribution is -2.60. The molecule has 0 saturated carbocycles. The van der Waals surface area contributed by atoms with Crippen molar-refractivity contribution in [3.8, 4) is 0 Å². The molecule has 0 aliphatic carbocycles. The highest BCUT2D eigenvalue weighted by Crippen LogP contribution is 2.22. The maximum absolute atomic E-state index is 12.6. The van der Waals surface area contributed by atoms with Crippen molar-refractivity contribution in [2.45, 2.75) is 51.6 Å². The number of piperazine rings is 1. The third-order valence-electron chi connectivity index (χ3n) is 5.59. The van der Waals surface area contributed by atoms with Crippen LogP contribution in [0.25, 0.3) is 0 Å². The van der Waals surface area contributed by atoms with Gasteiger partial charge in [-0.05, 0) is 58.0 Å². The molecule has 2 saturated heterocycles. The topological polar surface area (TPSA) is 38.8 Å². The van der Waals surface area contributed by atoms with Gasteiger partial charge in [0.05, 0.1) is 0 Å². The average Bonchev–Trinajstić information content (AvgIpc) is 2.64. The second kappa shape index (κ2) is 8.46. The third kappa shape index (κ3) is 5.12. The number of benzene rings is 1. The van der Waals surface area contributed by atoms with Crippen molar-refractivity contribution in [2.24, 2.45) is 0 Å². The van der Waals surface area contributed by atoms with Gasteiger partial charge in [0.15, 0.2) is 5.11 Å². The molecule has 0 spiro atoms. The minimum Gasteiger partial charge on any atom is -0.368 e. The summed E-state index contributed by atoms with van der Waals surface area (Å²) >= 11 is 5.53. The molecular weight excluding hydrogens is 356 g/mol. The zero-order valence-corrected chi connectivity index (χ0v) is 17.6. The van der Waals surface area contributed by atoms with E-state index >= 15 is 0 Å². The lowest BCUT2D eigenvalue weighted by atomic mass is 9.93. The maximum atomic E-state index is 12.6. The molecule has 1 N–H and O–H groups in total. The summed E-state index contributed by atoms with van der Waals surface area (Å²) in [6.07, 6.45) is 2.51. The van der Waals surface area contributed by atoms with E-state index in [9.17, 15) is 4.79 Å². The first-order valence-corrected chi connectivity index (χ1v) is 10.4. The van der Waals surface area contributed by atoms with Gasteiger partial charge in [-0.15, -0.1) is 0 Å². The fourth-order valence-electron chi connectivity index (χ4n) is 4.19. The molecular formula is C21H32N4OS. The van der Waals surface area contributed by atoms with E-state index in [0.717, 1.165) is 50.7 Å². The van der Waals surface area contributed by atoms with Gasteiger partial charge < -0.3 is 20.0 Å². The van der Waals surface area contributed by atoms with E-state index in [1.54, 1.807) is 0 Å². The third-order valence-corrected chi connectivity index (χ3v) is 5.92. The Bertz CT molecular complexity index is 655. The van der Waals surface area contributed by atoms with Crippen LogP contribution in [-0.2, 0) is 4.79 Å². The van der Waals surface area contributed by atoms with E-state index in [1.807, 2.05) is 11.0 Å². The Morgan fingerprint density at radius 1 is 1.19 bits per heavy atom. The number of hydrogen-bond donors (Lipinski definition) is 1. The molecule has 1 aromatic carbocycles. The van der Waals surface area contributed by atoms with Crippen LogP contribution in [-0.4, -0.2) is 65.1 Å². The van der Waals surface area contributed by atoms with E-state index in [2.05, 4.69) is 60.2 Å². The van der Waals surface area contributed by atoms with E-state index in [1.165, 1.54) is 5.69 Å². The first kappa shape index (κ1) is 19.9. The largest absolute Gasteiger partial charge is 0.368 e. The summed E-state index contributed by atoms with van der Waals surface area (Å²) in [6.45, 7) is 10.9. The van der Waals surface area contributed by atoms with Crippen molar-refractivity contribution >= 4 is 28.9 Å². The van der Waals surface area contributed by atoms with E-state index in [4.69, 9.17) is 12.2 Å². The van der Waals surface area contributed by atoms with Crippen LogP contribution in [0.1, 0.15) is 40.0 Å². The Morgan fingerprint density at radius 3 is 2.48 bits per heavy atom. The van der Waals surface area contributed by atoms with Gasteiger partial charge in [-0.3, -0.25) is 4.79 Å². The highest BCUT2D eigenvalue weighted by molar-refractivity contribution is 7.80. The van der Waals surface area contributed by atoms with Crippen LogP contribution in [0.4, 0.5) is 5.69 Å². The highest BCUT2D eigenvalue weighted by Gasteiger charge is 2.32. The van der Waals surface area contributed by atoms with Gasteiger partial charge in [0.2, 0.25) is 5.91 Å². The Balaban J connectivity index is 1.41. The minimum atomic E-state index is 0.0568. The molecule has 0 radical (unpaired) electrons. The van der Waals surface area contributed by atoms with Crippen LogP contribution in [0.3, 0.4) is 0 Å². The highest BCUT2D eigenvalue weighted by atomic mass is 32.1. The summed E-state index contributed by atoms with van der Waals surface area (Å²) in [7, 11) is 0. The second-order valence-corrected chi connectivity index (χ2v) is 8.75. The standard InChI is InChI=1S/C21H32N4OS/c1-17-16-21(2,3)22-20(27)25(17)11-7-10-19(26)24-14-12-23(13-15-24)18-8-5-4-6-9-18/h4-6,8-9,17H,7,10-16H2,1-3H3,(H,22,27)/t17-/m1/s1. The van der Waals surface area contributed by atoms with Crippen LogP contribution in [0.2, 0.25) is 0 Å². The van der Waals surface area contributed by atoms with Crippen molar-refractivity contribution in [3.63, 3.8) is 0 Å². The van der Waals surface area contributed by atoms with Gasteiger partial charge in [0.25, 0.3) is 0 Å². The number of amides is 1. The summed E-state index contributed by atoms with van der Waals surface area (Å²) < 4.78 is 0. The molecule has 2 heterocycles. The van der Waals surface area contributed by atoms with Crippen molar-refractivity contribution in [3.05, 3.63) is 30.3 Å². The van der Waals surface area contributed by atoms with Crippen LogP contribution in [0.5, 0.6) is 0 Å². The molecule has 0 bridgehead atoms. The summed E-state index contributed by atoms with van der Waals surface area (Å²) in [4.78, 5) is 19.2. The molecule has 0 unspecified atom stereocenters. The molecule has 6 heteroatoms. The molecule has 148 valence electrons. The number of hydrogen-bond acceptors (Lipinski definition) is 3. The number of para-hydroxylation sites is 1. The molecule has 1 amide bonds. The maximum Gasteiger partial charge on any atom is 0.222 e. The van der Waals surface area contributed by atoms with Crippen molar-refractivity contribution in [1.29, 1.82) is 0 Å². The van der Waals surface area contributed by atoms with E-state index in [0.29, 0.717) is 12.5 Å². The molecule has 5 nitrogen and oxygen atoms in total. The van der Waals surface area contributed by atoms with Crippen molar-refractivity contribution in [1.82, 2.24) is 15.1 Å². The normalized spacial score (nSPS) is 22.6. The molecule has 3 rings (SSSR count). The van der Waals surface area contributed by atoms with E-state index < -0.39 is 0 Å². The SMILES string of the molecule is C[C@@H]1CC(C)(C)NC(=S)N1CCCC(=O)N1CCN(c2ccccc2)CC1. The summed E-state index contributed by atoms with van der Waals surface area (Å²) in [5.41, 5.74) is 1.30. The molecule has 0 aromatic heterocycles. The molecule has 1 atom stereocenters. The molecule has 27 heavy (non-hydrogen) atoms. The van der Waals surface area contributed by atoms with Gasteiger partial charge >= 0.3 is 0 Å². The number of rotatable bonds is 5. The molecule has 2 aliphatic heterocycles. The number of anilines is 1. The number of carbonyl (C=O) groups excluding carboxylic acids is 1. The zero-order chi connectivity index (χ0) is 19.4. The Hall–Kier alpha value is -1.82. The average molecular weight is 389 g/mol. The van der Waals surface area contributed by atoms with Gasteiger partial charge in [-0.1, -0.05) is 18.2 Å². The minimum absolute atomic E-state index is 0.0568. The van der Waals surface area contributed by atoms with Gasteiger partial charge in [-0.25, -0.2) is 0 Å². The Morgan fingerprint density at radius 2 is 1.85 bits per heavy atom. The van der Waals surface area contributed by atoms with Crippen LogP contribution >= 0.6 is 12.2 Å². The van der Waals surface area contributed by atoms with Crippen LogP contribution in [0.15, 0.2) is 30.3 Å². The number of thiocarbonyl (C=S) groups is 1. The van der Waals surface area contributed by atoms with Gasteiger partial charge in [-0.2, -0.15) is 0 Å². The van der Waals surface area contributed by atoms with Gasteiger partial charge in [0, 0.05) is 56.4 Å². The fourth-order valence-corrected chi connectivity index (χ4v) is 4.74. The lowest BCUT2D eigenvalue weighted by molar-refractivity contribution is -0.131. The van der Waals surface area contributed by atoms with Crippen molar-refractivity contribution in [2.75, 3.05) is 37.6 Å². The Labute approximate surface area is 168 Å². The predicted octanol–water partition coefficient (Wildman–Crippen LogP) is 2.86. The molecule has 1 aromatic rings. The zero-order valence-electron chi connectivity index (χ0n) is 16.8. The fraction of sp³-hybridized carbons (Fsp3) is 0.619. The molecule has 2 fully saturated rings. The second-order valence-electron chi connectivity index (χ2n) is 8.37. The Kier molecular flexibility index (Phi) is 6.25. The number of carbonyl (C=O) groups is 1. The van der Waals surface area contributed by atoms with Gasteiger partial charge in [0.1, 0.15) is 0 Å². The first-order chi connectivity index (χ1) is 12.9. The number of nitrogens with one attached hydrogen (secondary N) is 1. The van der Waals surface area contributed by atoms with Crippen molar-refractivity contribution < 1.29 is 4.79 Å². The van der Waals surface area contributed by atoms with Crippen LogP contribution in [0, 0.1) is 0 Å². The van der Waals surface area contributed by atoms with E-state index in [-0.39, 0.29) is 11.4 Å². The summed E-state index contributed by atoms with van der Waals surface area (Å²) in [6, 6.07) is 10.8. The van der Waals surface area contributed by atoms with Crippen LogP contribution < -0.4 is 10.2 Å². The lowest BCUT2D eigenvalue weighted by Gasteiger charge is -2.45. The first-order valence-electron chi connectivity index (χ1n) is 10.0. The summed E-state index contributed by atoms with van der Waals surface area (Å²) in [5, 5.41) is 4.24. The predicted molar refractivity (Wildman–Crippen MR) is 115 cm³/mol. The number of nitrogens with zero attached hydrogens (tertiary/aromatic N) is 3.